The van der Waals surface area contributed by atoms with Crippen LogP contribution in [0.4, 0.5) is 23.7 Å². The van der Waals surface area contributed by atoms with Crippen molar-refractivity contribution in [3.05, 3.63) is 28.2 Å². The maximum atomic E-state index is 12.5. The maximum Gasteiger partial charge on any atom is 0.417 e. The molecule has 3 N–H and O–H groups in total. The summed E-state index contributed by atoms with van der Waals surface area (Å²) in [5, 5.41) is 1.87. The van der Waals surface area contributed by atoms with Crippen LogP contribution < -0.4 is 16.6 Å². The average Bonchev–Trinajstić information content (AvgIpc) is 2.18. The van der Waals surface area contributed by atoms with E-state index in [1.54, 1.807) is 0 Å². The minimum Gasteiger partial charge on any atom is -0.351 e. The number of hydrogen-bond donors (Lipinski definition) is 2. The number of aromatic nitrogens is 1. The van der Waals surface area contributed by atoms with Crippen LogP contribution in [0.3, 0.4) is 0 Å². The van der Waals surface area contributed by atoms with Crippen LogP contribution in [0.1, 0.15) is 12.5 Å². The Morgan fingerprint density at radius 2 is 2.12 bits per heavy atom. The van der Waals surface area contributed by atoms with E-state index in [1.165, 1.54) is 6.92 Å². The molecule has 0 fully saturated rings. The molecule has 17 heavy (non-hydrogen) atoms. The monoisotopic (exact) mass is 249 g/mol. The highest BCUT2D eigenvalue weighted by molar-refractivity contribution is 5.87. The van der Waals surface area contributed by atoms with Gasteiger partial charge in [0, 0.05) is 12.7 Å². The first-order valence-corrected chi connectivity index (χ1v) is 4.64. The van der Waals surface area contributed by atoms with Crippen molar-refractivity contribution in [2.75, 3.05) is 5.32 Å². The third kappa shape index (κ3) is 2.99. The molecule has 0 spiro atoms. The van der Waals surface area contributed by atoms with Crippen molar-refractivity contribution < 1.29 is 18.0 Å². The Balaban J connectivity index is 3.39. The summed E-state index contributed by atoms with van der Waals surface area (Å²) in [6, 6.07) is -0.539. The summed E-state index contributed by atoms with van der Waals surface area (Å²) < 4.78 is 38.3. The lowest BCUT2D eigenvalue weighted by Gasteiger charge is -2.12. The number of primary amides is 1. The summed E-state index contributed by atoms with van der Waals surface area (Å²) in [6.07, 6.45) is -3.91. The molecule has 0 aliphatic heterocycles. The molecule has 5 nitrogen and oxygen atoms in total. The zero-order valence-corrected chi connectivity index (χ0v) is 8.84. The van der Waals surface area contributed by atoms with Crippen LogP contribution in [-0.2, 0) is 12.7 Å². The number of nitrogens with one attached hydrogen (secondary N) is 1. The molecule has 0 aromatic carbocycles. The number of anilines is 1. The molecule has 0 bridgehead atoms. The van der Waals surface area contributed by atoms with Crippen molar-refractivity contribution in [2.45, 2.75) is 19.6 Å². The van der Waals surface area contributed by atoms with Gasteiger partial charge < -0.3 is 15.6 Å². The Morgan fingerprint density at radius 1 is 1.53 bits per heavy atom. The summed E-state index contributed by atoms with van der Waals surface area (Å²) in [7, 11) is 0. The Hall–Kier alpha value is -1.99. The van der Waals surface area contributed by atoms with E-state index in [0.717, 1.165) is 4.57 Å². The maximum absolute atomic E-state index is 12.5. The van der Waals surface area contributed by atoms with Crippen LogP contribution in [0, 0.1) is 0 Å². The fourth-order valence-corrected chi connectivity index (χ4v) is 1.25. The van der Waals surface area contributed by atoms with Gasteiger partial charge in [0.25, 0.3) is 5.56 Å². The van der Waals surface area contributed by atoms with Crippen LogP contribution >= 0.6 is 0 Å². The molecule has 94 valence electrons. The van der Waals surface area contributed by atoms with Crippen LogP contribution in [-0.4, -0.2) is 10.6 Å². The predicted octanol–water partition coefficient (Wildman–Crippen LogP) is 1.38. The molecule has 0 aliphatic carbocycles. The molecule has 0 atom stereocenters. The highest BCUT2D eigenvalue weighted by Gasteiger charge is 2.32. The number of nitrogens with two attached hydrogens (primary N) is 1. The summed E-state index contributed by atoms with van der Waals surface area (Å²) >= 11 is 0. The largest absolute Gasteiger partial charge is 0.417 e. The van der Waals surface area contributed by atoms with E-state index >= 15 is 0 Å². The van der Waals surface area contributed by atoms with E-state index < -0.39 is 29.0 Å². The van der Waals surface area contributed by atoms with Crippen LogP contribution in [0.2, 0.25) is 0 Å². The molecule has 8 heteroatoms. The van der Waals surface area contributed by atoms with Gasteiger partial charge in [0.15, 0.2) is 0 Å². The molecule has 1 aromatic rings. The number of carbonyl (C=O) groups is 1. The molecular formula is C9H10F3N3O2. The highest BCUT2D eigenvalue weighted by Crippen LogP contribution is 2.29. The van der Waals surface area contributed by atoms with Gasteiger partial charge in [-0.3, -0.25) is 4.79 Å². The van der Waals surface area contributed by atoms with Crippen molar-refractivity contribution in [3.63, 3.8) is 0 Å². The summed E-state index contributed by atoms with van der Waals surface area (Å²) in [6.45, 7) is 1.56. The minimum absolute atomic E-state index is 0.0518. The SMILES string of the molecule is CCn1cc(C(F)(F)F)cc(NC(N)=O)c1=O. The van der Waals surface area contributed by atoms with E-state index in [-0.39, 0.29) is 6.54 Å². The fraction of sp³-hybridized carbons (Fsp3) is 0.333. The number of aryl methyl sites for hydroxylation is 1. The summed E-state index contributed by atoms with van der Waals surface area (Å²) in [5.41, 5.74) is 2.51. The lowest BCUT2D eigenvalue weighted by molar-refractivity contribution is -0.138. The highest BCUT2D eigenvalue weighted by atomic mass is 19.4. The lowest BCUT2D eigenvalue weighted by Crippen LogP contribution is -2.29. The molecular weight excluding hydrogens is 239 g/mol. The van der Waals surface area contributed by atoms with Gasteiger partial charge in [0.1, 0.15) is 5.69 Å². The Morgan fingerprint density at radius 3 is 2.53 bits per heavy atom. The van der Waals surface area contributed by atoms with Gasteiger partial charge >= 0.3 is 12.2 Å². The third-order valence-corrected chi connectivity index (χ3v) is 2.01. The second kappa shape index (κ2) is 4.48. The number of amides is 2. The van der Waals surface area contributed by atoms with Crippen LogP contribution in [0.15, 0.2) is 17.1 Å². The molecule has 0 unspecified atom stereocenters. The Labute approximate surface area is 94.0 Å². The molecule has 0 saturated heterocycles. The first-order valence-electron chi connectivity index (χ1n) is 4.64. The third-order valence-electron chi connectivity index (χ3n) is 2.01. The van der Waals surface area contributed by atoms with Crippen molar-refractivity contribution in [3.8, 4) is 0 Å². The number of alkyl halides is 3. The topological polar surface area (TPSA) is 77.1 Å². The molecule has 1 heterocycles. The van der Waals surface area contributed by atoms with Gasteiger partial charge in [-0.15, -0.1) is 0 Å². The zero-order chi connectivity index (χ0) is 13.2. The van der Waals surface area contributed by atoms with Gasteiger partial charge in [0.05, 0.1) is 5.56 Å². The standard InChI is InChI=1S/C9H10F3N3O2/c1-2-15-4-5(9(10,11)12)3-6(7(15)16)14-8(13)17/h3-4H,2H2,1H3,(H3,13,14,17). The first-order chi connectivity index (χ1) is 7.75. The van der Waals surface area contributed by atoms with Gasteiger partial charge in [-0.1, -0.05) is 0 Å². The molecule has 1 aromatic heterocycles. The normalized spacial score (nSPS) is 11.3. The van der Waals surface area contributed by atoms with Gasteiger partial charge in [-0.25, -0.2) is 4.79 Å². The van der Waals surface area contributed by atoms with Crippen molar-refractivity contribution in [1.29, 1.82) is 0 Å². The molecule has 1 rings (SSSR count). The quantitative estimate of drug-likeness (QED) is 0.830. The number of hydrogen-bond acceptors (Lipinski definition) is 2. The fourth-order valence-electron chi connectivity index (χ4n) is 1.25. The van der Waals surface area contributed by atoms with Gasteiger partial charge in [-0.2, -0.15) is 13.2 Å². The number of pyridine rings is 1. The molecule has 0 aliphatic rings. The van der Waals surface area contributed by atoms with Gasteiger partial charge in [-0.05, 0) is 13.0 Å². The van der Waals surface area contributed by atoms with E-state index in [0.29, 0.717) is 12.3 Å². The zero-order valence-electron chi connectivity index (χ0n) is 8.84. The number of carbonyl (C=O) groups excluding carboxylic acids is 1. The van der Waals surface area contributed by atoms with E-state index in [9.17, 15) is 22.8 Å². The van der Waals surface area contributed by atoms with Crippen molar-refractivity contribution in [2.24, 2.45) is 5.73 Å². The predicted molar refractivity (Wildman–Crippen MR) is 54.6 cm³/mol. The Kier molecular flexibility index (Phi) is 3.45. The van der Waals surface area contributed by atoms with Crippen molar-refractivity contribution >= 4 is 11.7 Å². The number of urea groups is 1. The second-order valence-corrected chi connectivity index (χ2v) is 3.22. The van der Waals surface area contributed by atoms with E-state index in [1.807, 2.05) is 5.32 Å². The molecule has 0 saturated carbocycles. The minimum atomic E-state index is -4.60. The second-order valence-electron chi connectivity index (χ2n) is 3.22. The molecule has 0 radical (unpaired) electrons. The van der Waals surface area contributed by atoms with E-state index in [2.05, 4.69) is 0 Å². The van der Waals surface area contributed by atoms with Gasteiger partial charge in [0.2, 0.25) is 0 Å². The number of nitrogens with zero attached hydrogens (tertiary/aromatic N) is 1. The number of halogens is 3. The van der Waals surface area contributed by atoms with Crippen LogP contribution in [0.5, 0.6) is 0 Å². The lowest BCUT2D eigenvalue weighted by atomic mass is 10.2. The summed E-state index contributed by atoms with van der Waals surface area (Å²) in [5.74, 6) is 0. The summed E-state index contributed by atoms with van der Waals surface area (Å²) in [4.78, 5) is 22.1. The molecule has 2 amide bonds. The Bertz CT molecular complexity index is 493. The van der Waals surface area contributed by atoms with Crippen LogP contribution in [0.25, 0.3) is 0 Å². The van der Waals surface area contributed by atoms with Crippen molar-refractivity contribution in [1.82, 2.24) is 4.57 Å². The number of rotatable bonds is 2. The first kappa shape index (κ1) is 13.1. The van der Waals surface area contributed by atoms with E-state index in [4.69, 9.17) is 5.73 Å². The average molecular weight is 249 g/mol. The smallest absolute Gasteiger partial charge is 0.351 e.